The van der Waals surface area contributed by atoms with E-state index in [2.05, 4.69) is 4.90 Å². The standard InChI is InChI=1S/C23H29N4O6S2/c1-26(16-7-10-32-11-8-16)21-20-19(9-12-34(20)29)24-23(25-21)27-13-17(14-27)33-22(28)15-3-5-18(6-4-15)35(2,30)31/h3-6,16-17,29H,7-14H2,1-2H3/q+1. The van der Waals surface area contributed by atoms with Gasteiger partial charge in [-0.05, 0) is 37.1 Å². The molecular weight excluding hydrogens is 492 g/mol. The fourth-order valence-electron chi connectivity index (χ4n) is 4.54. The molecule has 0 saturated carbocycles. The number of fused-ring (bicyclic) bond motifs is 1. The van der Waals surface area contributed by atoms with Gasteiger partial charge in [0, 0.05) is 39.0 Å². The number of nitrogens with zero attached hydrogens (tertiary/aromatic N) is 4. The van der Waals surface area contributed by atoms with E-state index in [-0.39, 0.29) is 11.0 Å². The molecule has 2 fully saturated rings. The number of rotatable bonds is 6. The maximum atomic E-state index is 12.5. The van der Waals surface area contributed by atoms with Gasteiger partial charge in [0.1, 0.15) is 11.8 Å². The zero-order valence-electron chi connectivity index (χ0n) is 19.7. The van der Waals surface area contributed by atoms with Crippen LogP contribution in [-0.4, -0.2) is 86.4 Å². The topological polar surface area (TPSA) is 122 Å². The number of aryl methyl sites for hydroxylation is 1. The molecule has 1 aromatic heterocycles. The fraction of sp³-hybridized carbons (Fsp3) is 0.522. The lowest BCUT2D eigenvalue weighted by Crippen LogP contribution is -2.54. The van der Waals surface area contributed by atoms with E-state index in [0.29, 0.717) is 36.4 Å². The van der Waals surface area contributed by atoms with Crippen molar-refractivity contribution in [3.05, 3.63) is 35.5 Å². The molecule has 0 spiro atoms. The van der Waals surface area contributed by atoms with E-state index in [4.69, 9.17) is 19.4 Å². The van der Waals surface area contributed by atoms with Crippen LogP contribution < -0.4 is 9.80 Å². The van der Waals surface area contributed by atoms with Gasteiger partial charge in [-0.25, -0.2) is 18.2 Å². The lowest BCUT2D eigenvalue weighted by Gasteiger charge is -2.39. The zero-order valence-corrected chi connectivity index (χ0v) is 21.3. The summed E-state index contributed by atoms with van der Waals surface area (Å²) < 4.78 is 44.9. The molecule has 0 amide bonds. The normalized spacial score (nSPS) is 20.9. The Kier molecular flexibility index (Phi) is 6.64. The largest absolute Gasteiger partial charge is 0.455 e. The number of sulfone groups is 1. The smallest absolute Gasteiger partial charge is 0.338 e. The number of carbonyl (C=O) groups is 1. The Morgan fingerprint density at radius 3 is 2.54 bits per heavy atom. The van der Waals surface area contributed by atoms with Crippen LogP contribution >= 0.6 is 0 Å². The van der Waals surface area contributed by atoms with Gasteiger partial charge in [0.15, 0.2) is 32.6 Å². The van der Waals surface area contributed by atoms with Gasteiger partial charge in [-0.3, -0.25) is 0 Å². The maximum Gasteiger partial charge on any atom is 0.338 e. The van der Waals surface area contributed by atoms with Gasteiger partial charge >= 0.3 is 5.97 Å². The van der Waals surface area contributed by atoms with E-state index in [1.54, 1.807) is 0 Å². The van der Waals surface area contributed by atoms with Crippen LogP contribution in [0.25, 0.3) is 0 Å². The second-order valence-electron chi connectivity index (χ2n) is 9.13. The highest BCUT2D eigenvalue weighted by molar-refractivity contribution is 7.92. The number of benzene rings is 1. The Hall–Kier alpha value is -2.41. The second-order valence-corrected chi connectivity index (χ2v) is 12.7. The Morgan fingerprint density at radius 1 is 1.20 bits per heavy atom. The van der Waals surface area contributed by atoms with Crippen LogP contribution in [0.2, 0.25) is 0 Å². The molecule has 4 heterocycles. The third kappa shape index (κ3) is 4.97. The number of hydrogen-bond donors (Lipinski definition) is 1. The van der Waals surface area contributed by atoms with Crippen molar-refractivity contribution < 1.29 is 27.2 Å². The van der Waals surface area contributed by atoms with Crippen LogP contribution in [0, 0.1) is 0 Å². The fourth-order valence-corrected chi connectivity index (χ4v) is 6.58. The lowest BCUT2D eigenvalue weighted by molar-refractivity contribution is 0.0231. The van der Waals surface area contributed by atoms with Crippen LogP contribution in [0.5, 0.6) is 0 Å². The van der Waals surface area contributed by atoms with Crippen LogP contribution in [0.4, 0.5) is 11.8 Å². The Labute approximate surface area is 207 Å². The molecule has 35 heavy (non-hydrogen) atoms. The lowest BCUT2D eigenvalue weighted by atomic mass is 10.1. The van der Waals surface area contributed by atoms with E-state index in [0.717, 1.165) is 55.1 Å². The first-order valence-electron chi connectivity index (χ1n) is 11.6. The third-order valence-electron chi connectivity index (χ3n) is 6.67. The van der Waals surface area contributed by atoms with Gasteiger partial charge in [0.05, 0.1) is 23.5 Å². The van der Waals surface area contributed by atoms with Crippen LogP contribution in [0.15, 0.2) is 34.1 Å². The summed E-state index contributed by atoms with van der Waals surface area (Å²) in [6, 6.07) is 6.03. The minimum absolute atomic E-state index is 0.157. The highest BCUT2D eigenvalue weighted by Gasteiger charge is 2.42. The molecule has 0 aliphatic carbocycles. The van der Waals surface area contributed by atoms with Crippen LogP contribution in [-0.2, 0) is 36.9 Å². The van der Waals surface area contributed by atoms with E-state index >= 15 is 0 Å². The summed E-state index contributed by atoms with van der Waals surface area (Å²) >= 11 is -0.857. The molecule has 12 heteroatoms. The van der Waals surface area contributed by atoms with Gasteiger partial charge in [-0.1, -0.05) is 0 Å². The van der Waals surface area contributed by atoms with Gasteiger partial charge < -0.3 is 19.3 Å². The summed E-state index contributed by atoms with van der Waals surface area (Å²) in [4.78, 5) is 27.2. The predicted octanol–water partition coefficient (Wildman–Crippen LogP) is 1.55. The van der Waals surface area contributed by atoms with E-state index in [1.165, 1.54) is 24.3 Å². The number of hydrogen-bond acceptors (Lipinski definition) is 10. The summed E-state index contributed by atoms with van der Waals surface area (Å²) in [7, 11) is -1.30. The van der Waals surface area contributed by atoms with Crippen LogP contribution in [0.3, 0.4) is 0 Å². The molecule has 3 aliphatic rings. The van der Waals surface area contributed by atoms with Gasteiger partial charge in [-0.15, -0.1) is 0 Å². The summed E-state index contributed by atoms with van der Waals surface area (Å²) in [5.41, 5.74) is 1.20. The highest BCUT2D eigenvalue weighted by atomic mass is 32.2. The van der Waals surface area contributed by atoms with E-state index < -0.39 is 27.0 Å². The SMILES string of the molecule is CN(c1nc(N2CC(OC(=O)c3ccc(S(C)(=O)=O)cc3)C2)nc2c1[S+](O)CC2)C1CCOCC1. The summed E-state index contributed by atoms with van der Waals surface area (Å²) in [6.07, 6.45) is 3.36. The van der Waals surface area contributed by atoms with Gasteiger partial charge in [-0.2, -0.15) is 9.54 Å². The number of anilines is 2. The molecule has 1 aromatic carbocycles. The van der Waals surface area contributed by atoms with Gasteiger partial charge in [0.2, 0.25) is 5.95 Å². The van der Waals surface area contributed by atoms with Crippen molar-refractivity contribution in [1.82, 2.24) is 9.97 Å². The quantitative estimate of drug-likeness (QED) is 0.442. The number of esters is 1. The van der Waals surface area contributed by atoms with Crippen LogP contribution in [0.1, 0.15) is 28.9 Å². The molecular formula is C23H29N4O6S2+. The Morgan fingerprint density at radius 2 is 1.89 bits per heavy atom. The predicted molar refractivity (Wildman–Crippen MR) is 132 cm³/mol. The Balaban J connectivity index is 1.27. The highest BCUT2D eigenvalue weighted by Crippen LogP contribution is 2.36. The van der Waals surface area contributed by atoms with Crippen molar-refractivity contribution in [3.8, 4) is 0 Å². The molecule has 10 nitrogen and oxygen atoms in total. The molecule has 0 radical (unpaired) electrons. The molecule has 1 unspecified atom stereocenters. The third-order valence-corrected chi connectivity index (χ3v) is 9.28. The van der Waals surface area contributed by atoms with Crippen molar-refractivity contribution in [2.45, 2.75) is 41.2 Å². The van der Waals surface area contributed by atoms with Gasteiger partial charge in [0.25, 0.3) is 4.90 Å². The molecule has 1 N–H and O–H groups in total. The number of aromatic nitrogens is 2. The average molecular weight is 522 g/mol. The maximum absolute atomic E-state index is 12.5. The molecule has 188 valence electrons. The minimum Gasteiger partial charge on any atom is -0.455 e. The first kappa shape index (κ1) is 24.3. The monoisotopic (exact) mass is 521 g/mol. The van der Waals surface area contributed by atoms with Crippen molar-refractivity contribution in [1.29, 1.82) is 0 Å². The molecule has 0 bridgehead atoms. The van der Waals surface area contributed by atoms with E-state index in [1.807, 2.05) is 11.9 Å². The number of ether oxygens (including phenoxy) is 2. The Bertz CT molecular complexity index is 1210. The first-order chi connectivity index (χ1) is 16.7. The minimum atomic E-state index is -3.32. The van der Waals surface area contributed by atoms with Crippen molar-refractivity contribution in [3.63, 3.8) is 0 Å². The zero-order chi connectivity index (χ0) is 24.7. The number of carbonyl (C=O) groups excluding carboxylic acids is 1. The first-order valence-corrected chi connectivity index (χ1v) is 14.8. The summed E-state index contributed by atoms with van der Waals surface area (Å²) in [5.74, 6) is 1.54. The summed E-state index contributed by atoms with van der Waals surface area (Å²) in [6.45, 7) is 2.38. The second kappa shape index (κ2) is 9.57. The molecule has 1 atom stereocenters. The molecule has 5 rings (SSSR count). The molecule has 2 saturated heterocycles. The van der Waals surface area contributed by atoms with Crippen molar-refractivity contribution in [2.75, 3.05) is 55.2 Å². The average Bonchev–Trinajstić information content (AvgIpc) is 3.20. The van der Waals surface area contributed by atoms with Crippen molar-refractivity contribution in [2.24, 2.45) is 0 Å². The van der Waals surface area contributed by atoms with Crippen molar-refractivity contribution >= 4 is 38.7 Å². The van der Waals surface area contributed by atoms with E-state index in [9.17, 15) is 17.8 Å². The molecule has 2 aromatic rings. The molecule has 3 aliphatic heterocycles. The summed E-state index contributed by atoms with van der Waals surface area (Å²) in [5, 5.41) is 0.